The number of nitrogens with zero attached hydrogens (tertiary/aromatic N) is 1. The predicted octanol–water partition coefficient (Wildman–Crippen LogP) is 2.76. The Morgan fingerprint density at radius 2 is 2.27 bits per heavy atom. The van der Waals surface area contributed by atoms with E-state index in [-0.39, 0.29) is 0 Å². The zero-order chi connectivity index (χ0) is 10.7. The molecule has 3 heteroatoms. The van der Waals surface area contributed by atoms with Crippen LogP contribution < -0.4 is 5.73 Å². The highest BCUT2D eigenvalue weighted by molar-refractivity contribution is 7.11. The summed E-state index contributed by atoms with van der Waals surface area (Å²) in [6, 6.07) is 0. The van der Waals surface area contributed by atoms with Crippen LogP contribution in [0.2, 0.25) is 0 Å². The minimum Gasteiger partial charge on any atom is -0.330 e. The fourth-order valence-corrected chi connectivity index (χ4v) is 3.52. The zero-order valence-electron chi connectivity index (χ0n) is 9.41. The molecule has 1 atom stereocenters. The quantitative estimate of drug-likeness (QED) is 0.854. The second-order valence-corrected chi connectivity index (χ2v) is 5.91. The molecule has 2 N–H and O–H groups in total. The molecule has 1 aromatic heterocycles. The number of hydrogen-bond donors (Lipinski definition) is 1. The molecule has 84 valence electrons. The van der Waals surface area contributed by atoms with Crippen molar-refractivity contribution < 1.29 is 0 Å². The summed E-state index contributed by atoms with van der Waals surface area (Å²) in [5, 5.41) is 1.17. The lowest BCUT2D eigenvalue weighted by molar-refractivity contribution is 0.346. The van der Waals surface area contributed by atoms with Crippen LogP contribution in [0.25, 0.3) is 0 Å². The van der Waals surface area contributed by atoms with Crippen molar-refractivity contribution in [3.05, 3.63) is 16.1 Å². The number of thiazole rings is 1. The standard InChI is InChI=1S/C12H20N2S/c1-9-14-8-12(15-9)6-11(7-13)10-4-2-3-5-10/h8,10-11H,2-7,13H2,1H3. The van der Waals surface area contributed by atoms with Crippen LogP contribution in [0.1, 0.15) is 35.6 Å². The van der Waals surface area contributed by atoms with Gasteiger partial charge in [0.15, 0.2) is 0 Å². The summed E-state index contributed by atoms with van der Waals surface area (Å²) in [4.78, 5) is 5.72. The van der Waals surface area contributed by atoms with E-state index < -0.39 is 0 Å². The lowest BCUT2D eigenvalue weighted by atomic mass is 9.88. The van der Waals surface area contributed by atoms with E-state index in [1.165, 1.54) is 35.6 Å². The molecule has 1 saturated carbocycles. The molecule has 0 spiro atoms. The molecule has 1 aliphatic carbocycles. The van der Waals surface area contributed by atoms with Gasteiger partial charge in [0, 0.05) is 11.1 Å². The molecule has 0 aromatic carbocycles. The third-order valence-corrected chi connectivity index (χ3v) is 4.44. The molecular formula is C12H20N2S. The van der Waals surface area contributed by atoms with E-state index in [0.717, 1.165) is 18.9 Å². The fraction of sp³-hybridized carbons (Fsp3) is 0.750. The molecule has 1 unspecified atom stereocenters. The molecule has 0 aliphatic heterocycles. The second kappa shape index (κ2) is 5.08. The van der Waals surface area contributed by atoms with Crippen molar-refractivity contribution in [3.8, 4) is 0 Å². The van der Waals surface area contributed by atoms with Crippen molar-refractivity contribution in [2.24, 2.45) is 17.6 Å². The molecule has 2 rings (SSSR count). The molecule has 0 bridgehead atoms. The van der Waals surface area contributed by atoms with Gasteiger partial charge in [0.25, 0.3) is 0 Å². The maximum atomic E-state index is 5.89. The fourth-order valence-electron chi connectivity index (χ4n) is 2.63. The van der Waals surface area contributed by atoms with E-state index in [4.69, 9.17) is 5.73 Å². The van der Waals surface area contributed by atoms with Gasteiger partial charge in [-0.05, 0) is 31.7 Å². The Morgan fingerprint density at radius 3 is 2.80 bits per heavy atom. The summed E-state index contributed by atoms with van der Waals surface area (Å²) in [5.41, 5.74) is 5.89. The van der Waals surface area contributed by atoms with Crippen LogP contribution in [0, 0.1) is 18.8 Å². The number of nitrogens with two attached hydrogens (primary N) is 1. The third kappa shape index (κ3) is 2.79. The Bertz CT molecular complexity index is 302. The van der Waals surface area contributed by atoms with Crippen LogP contribution in [-0.2, 0) is 6.42 Å². The van der Waals surface area contributed by atoms with Crippen LogP contribution in [0.15, 0.2) is 6.20 Å². The van der Waals surface area contributed by atoms with Crippen LogP contribution >= 0.6 is 11.3 Å². The summed E-state index contributed by atoms with van der Waals surface area (Å²) in [6.07, 6.45) is 8.76. The van der Waals surface area contributed by atoms with Crippen molar-refractivity contribution in [1.29, 1.82) is 0 Å². The minimum absolute atomic E-state index is 0.687. The minimum atomic E-state index is 0.687. The Morgan fingerprint density at radius 1 is 1.53 bits per heavy atom. The molecule has 1 aliphatic rings. The van der Waals surface area contributed by atoms with E-state index in [1.807, 2.05) is 17.5 Å². The molecule has 0 saturated heterocycles. The number of aromatic nitrogens is 1. The average Bonchev–Trinajstić information content (AvgIpc) is 2.85. The molecular weight excluding hydrogens is 204 g/mol. The monoisotopic (exact) mass is 224 g/mol. The highest BCUT2D eigenvalue weighted by atomic mass is 32.1. The summed E-state index contributed by atoms with van der Waals surface area (Å²) in [7, 11) is 0. The van der Waals surface area contributed by atoms with E-state index in [2.05, 4.69) is 11.9 Å². The van der Waals surface area contributed by atoms with Gasteiger partial charge >= 0.3 is 0 Å². The summed E-state index contributed by atoms with van der Waals surface area (Å²) in [6.45, 7) is 2.91. The van der Waals surface area contributed by atoms with Crippen molar-refractivity contribution in [1.82, 2.24) is 4.98 Å². The Kier molecular flexibility index (Phi) is 3.76. The van der Waals surface area contributed by atoms with Gasteiger partial charge in [-0.15, -0.1) is 11.3 Å². The molecule has 0 radical (unpaired) electrons. The van der Waals surface area contributed by atoms with E-state index in [1.54, 1.807) is 0 Å². The Labute approximate surface area is 95.9 Å². The molecule has 1 aromatic rings. The smallest absolute Gasteiger partial charge is 0.0896 e. The highest BCUT2D eigenvalue weighted by Crippen LogP contribution is 2.33. The lowest BCUT2D eigenvalue weighted by Gasteiger charge is -2.20. The first-order chi connectivity index (χ1) is 7.29. The first-order valence-electron chi connectivity index (χ1n) is 5.91. The maximum Gasteiger partial charge on any atom is 0.0896 e. The number of hydrogen-bond acceptors (Lipinski definition) is 3. The first kappa shape index (κ1) is 11.1. The molecule has 2 nitrogen and oxygen atoms in total. The Balaban J connectivity index is 1.95. The highest BCUT2D eigenvalue weighted by Gasteiger charge is 2.24. The zero-order valence-corrected chi connectivity index (χ0v) is 10.2. The van der Waals surface area contributed by atoms with Crippen molar-refractivity contribution in [3.63, 3.8) is 0 Å². The van der Waals surface area contributed by atoms with Gasteiger partial charge in [-0.2, -0.15) is 0 Å². The van der Waals surface area contributed by atoms with Gasteiger partial charge < -0.3 is 5.73 Å². The topological polar surface area (TPSA) is 38.9 Å². The first-order valence-corrected chi connectivity index (χ1v) is 6.72. The van der Waals surface area contributed by atoms with Crippen LogP contribution in [0.4, 0.5) is 0 Å². The van der Waals surface area contributed by atoms with Crippen molar-refractivity contribution in [2.45, 2.75) is 39.0 Å². The van der Waals surface area contributed by atoms with Crippen molar-refractivity contribution >= 4 is 11.3 Å². The summed E-state index contributed by atoms with van der Waals surface area (Å²) in [5.74, 6) is 1.56. The Hall–Kier alpha value is -0.410. The van der Waals surface area contributed by atoms with E-state index in [0.29, 0.717) is 5.92 Å². The molecule has 1 heterocycles. The van der Waals surface area contributed by atoms with E-state index >= 15 is 0 Å². The average molecular weight is 224 g/mol. The number of rotatable bonds is 4. The predicted molar refractivity (Wildman–Crippen MR) is 65.1 cm³/mol. The molecule has 1 fully saturated rings. The van der Waals surface area contributed by atoms with Crippen molar-refractivity contribution in [2.75, 3.05) is 6.54 Å². The number of aryl methyl sites for hydroxylation is 1. The normalized spacial score (nSPS) is 19.6. The molecule has 0 amide bonds. The van der Waals surface area contributed by atoms with Crippen LogP contribution in [0.3, 0.4) is 0 Å². The van der Waals surface area contributed by atoms with Crippen LogP contribution in [-0.4, -0.2) is 11.5 Å². The van der Waals surface area contributed by atoms with E-state index in [9.17, 15) is 0 Å². The summed E-state index contributed by atoms with van der Waals surface area (Å²) < 4.78 is 0. The van der Waals surface area contributed by atoms with Gasteiger partial charge in [-0.1, -0.05) is 25.7 Å². The van der Waals surface area contributed by atoms with Gasteiger partial charge in [0.05, 0.1) is 5.01 Å². The van der Waals surface area contributed by atoms with Gasteiger partial charge in [-0.25, -0.2) is 4.98 Å². The van der Waals surface area contributed by atoms with Gasteiger partial charge in [-0.3, -0.25) is 0 Å². The van der Waals surface area contributed by atoms with Gasteiger partial charge in [0.1, 0.15) is 0 Å². The second-order valence-electron chi connectivity index (χ2n) is 4.59. The van der Waals surface area contributed by atoms with Crippen LogP contribution in [0.5, 0.6) is 0 Å². The largest absolute Gasteiger partial charge is 0.330 e. The van der Waals surface area contributed by atoms with Gasteiger partial charge in [0.2, 0.25) is 0 Å². The summed E-state index contributed by atoms with van der Waals surface area (Å²) >= 11 is 1.82. The lowest BCUT2D eigenvalue weighted by Crippen LogP contribution is -2.23. The SMILES string of the molecule is Cc1ncc(CC(CN)C2CCCC2)s1. The maximum absolute atomic E-state index is 5.89. The third-order valence-electron chi connectivity index (χ3n) is 3.50. The molecule has 15 heavy (non-hydrogen) atoms.